The van der Waals surface area contributed by atoms with Crippen LogP contribution < -0.4 is 15.4 Å². The number of nitrogens with zero attached hydrogens (tertiary/aromatic N) is 1. The Morgan fingerprint density at radius 1 is 1.32 bits per heavy atom. The molecule has 2 N–H and O–H groups in total. The second-order valence-corrected chi connectivity index (χ2v) is 9.06. The van der Waals surface area contributed by atoms with E-state index in [-0.39, 0.29) is 28.2 Å². The number of allylic oxidation sites excluding steroid dienone is 1. The molecule has 0 saturated heterocycles. The van der Waals surface area contributed by atoms with Crippen LogP contribution in [0.3, 0.4) is 0 Å². The van der Waals surface area contributed by atoms with Gasteiger partial charge in [-0.1, -0.05) is 23.3 Å². The number of hydrogen-bond acceptors (Lipinski definition) is 7. The zero-order valence-corrected chi connectivity index (χ0v) is 22.6. The molecule has 7 nitrogen and oxygen atoms in total. The lowest BCUT2D eigenvalue weighted by molar-refractivity contribution is -0.148. The highest BCUT2D eigenvalue weighted by atomic mass is 35.5. The summed E-state index contributed by atoms with van der Waals surface area (Å²) >= 11 is 6.07. The molecular formula is C27H33ClF3N3O4. The zero-order chi connectivity index (χ0) is 28.3. The van der Waals surface area contributed by atoms with E-state index < -0.39 is 17.9 Å². The molecule has 2 atom stereocenters. The fourth-order valence-corrected chi connectivity index (χ4v) is 4.15. The molecule has 1 aliphatic carbocycles. The molecule has 11 heteroatoms. The van der Waals surface area contributed by atoms with Gasteiger partial charge in [-0.25, -0.2) is 4.98 Å². The summed E-state index contributed by atoms with van der Waals surface area (Å²) in [6, 6.07) is 5.00. The van der Waals surface area contributed by atoms with E-state index in [0.29, 0.717) is 24.1 Å². The Morgan fingerprint density at radius 2 is 2.05 bits per heavy atom. The van der Waals surface area contributed by atoms with Gasteiger partial charge in [-0.05, 0) is 64.4 Å². The van der Waals surface area contributed by atoms with Crippen molar-refractivity contribution < 1.29 is 32.2 Å². The number of aromatic nitrogens is 1. The van der Waals surface area contributed by atoms with Crippen LogP contribution in [0.25, 0.3) is 0 Å². The standard InChI is InChI=1S/C16H14ClF3N2O2.C11H19NO2/c1-9(22-13-4-3-10(8-23)5-12(13)17)11-6-15(16(18,19)20)21-7-14(11)24-2;1-3-14-11(13)10-6-4-9(5-7-10)8-12-2/h3-9,22H,1-2H3;4,10,12H,3,5-8H2,1-2H3/t9-;/m0./s1. The van der Waals surface area contributed by atoms with E-state index in [9.17, 15) is 22.8 Å². The van der Waals surface area contributed by atoms with Gasteiger partial charge in [0.25, 0.3) is 0 Å². The van der Waals surface area contributed by atoms with Gasteiger partial charge in [0.1, 0.15) is 17.7 Å². The average Bonchev–Trinajstić information content (AvgIpc) is 2.90. The smallest absolute Gasteiger partial charge is 0.433 e. The number of benzene rings is 1. The van der Waals surface area contributed by atoms with Gasteiger partial charge in [0.2, 0.25) is 0 Å². The van der Waals surface area contributed by atoms with Crippen molar-refractivity contribution in [2.45, 2.75) is 45.3 Å². The van der Waals surface area contributed by atoms with Crippen LogP contribution in [-0.4, -0.2) is 44.5 Å². The van der Waals surface area contributed by atoms with Gasteiger partial charge < -0.3 is 20.1 Å². The maximum Gasteiger partial charge on any atom is 0.433 e. The highest BCUT2D eigenvalue weighted by Crippen LogP contribution is 2.35. The van der Waals surface area contributed by atoms with E-state index in [0.717, 1.165) is 38.1 Å². The summed E-state index contributed by atoms with van der Waals surface area (Å²) in [7, 11) is 3.30. The normalized spacial score (nSPS) is 15.9. The van der Waals surface area contributed by atoms with Gasteiger partial charge in [-0.15, -0.1) is 0 Å². The quantitative estimate of drug-likeness (QED) is 0.215. The maximum atomic E-state index is 12.9. The monoisotopic (exact) mass is 555 g/mol. The molecule has 0 aliphatic heterocycles. The van der Waals surface area contributed by atoms with Gasteiger partial charge in [0.15, 0.2) is 0 Å². The van der Waals surface area contributed by atoms with Crippen molar-refractivity contribution in [2.24, 2.45) is 5.92 Å². The topological polar surface area (TPSA) is 89.6 Å². The minimum absolute atomic E-state index is 0.0349. The first kappa shape index (κ1) is 31.1. The SMILES string of the molecule is CCOC(=O)C1CC=C(CNC)CC1.COc1cnc(C(F)(F)F)cc1[C@H](C)Nc1ccc(C=O)cc1Cl. The Morgan fingerprint density at radius 3 is 2.58 bits per heavy atom. The molecule has 38 heavy (non-hydrogen) atoms. The van der Waals surface area contributed by atoms with E-state index in [1.54, 1.807) is 19.1 Å². The van der Waals surface area contributed by atoms with Crippen LogP contribution in [-0.2, 0) is 15.7 Å². The first-order chi connectivity index (χ1) is 18.0. The predicted molar refractivity (Wildman–Crippen MR) is 141 cm³/mol. The average molecular weight is 556 g/mol. The zero-order valence-electron chi connectivity index (χ0n) is 21.8. The molecule has 208 valence electrons. The van der Waals surface area contributed by atoms with Crippen LogP contribution in [0.4, 0.5) is 18.9 Å². The van der Waals surface area contributed by atoms with Crippen LogP contribution in [0.15, 0.2) is 42.1 Å². The van der Waals surface area contributed by atoms with E-state index in [1.165, 1.54) is 18.7 Å². The molecule has 1 aliphatic rings. The summed E-state index contributed by atoms with van der Waals surface area (Å²) in [5, 5.41) is 6.42. The Balaban J connectivity index is 0.000000308. The second-order valence-electron chi connectivity index (χ2n) is 8.65. The summed E-state index contributed by atoms with van der Waals surface area (Å²) in [6.45, 7) is 4.95. The number of nitrogens with one attached hydrogen (secondary N) is 2. The number of carbonyl (C=O) groups excluding carboxylic acids is 2. The van der Waals surface area contributed by atoms with Gasteiger partial charge >= 0.3 is 12.1 Å². The van der Waals surface area contributed by atoms with Gasteiger partial charge in [-0.3, -0.25) is 9.59 Å². The fraction of sp³-hybridized carbons (Fsp3) is 0.444. The van der Waals surface area contributed by atoms with Crippen molar-refractivity contribution >= 4 is 29.5 Å². The molecule has 2 aromatic rings. The third kappa shape index (κ3) is 9.02. The number of likely N-dealkylation sites (N-methyl/N-ethyl adjacent to an activating group) is 1. The maximum absolute atomic E-state index is 12.9. The molecule has 0 bridgehead atoms. The molecule has 0 spiro atoms. The lowest BCUT2D eigenvalue weighted by Gasteiger charge is -2.20. The summed E-state index contributed by atoms with van der Waals surface area (Å²) < 4.78 is 48.7. The molecule has 0 saturated carbocycles. The highest BCUT2D eigenvalue weighted by molar-refractivity contribution is 6.33. The number of pyridine rings is 1. The Bertz CT molecular complexity index is 1130. The number of rotatable bonds is 9. The van der Waals surface area contributed by atoms with E-state index in [2.05, 4.69) is 21.7 Å². The van der Waals surface area contributed by atoms with Gasteiger partial charge in [-0.2, -0.15) is 13.2 Å². The number of esters is 1. The predicted octanol–water partition coefficient (Wildman–Crippen LogP) is 6.24. The second kappa shape index (κ2) is 14.7. The third-order valence-electron chi connectivity index (χ3n) is 5.90. The van der Waals surface area contributed by atoms with Crippen molar-refractivity contribution in [1.29, 1.82) is 0 Å². The molecule has 1 heterocycles. The molecule has 1 aromatic heterocycles. The summed E-state index contributed by atoms with van der Waals surface area (Å²) in [5.74, 6) is 0.284. The number of halogens is 4. The van der Waals surface area contributed by atoms with Crippen LogP contribution in [0.5, 0.6) is 5.75 Å². The summed E-state index contributed by atoms with van der Waals surface area (Å²) in [6.07, 6.45) is 2.10. The molecule has 1 aromatic carbocycles. The van der Waals surface area contributed by atoms with Crippen molar-refractivity contribution in [1.82, 2.24) is 10.3 Å². The van der Waals surface area contributed by atoms with E-state index in [4.69, 9.17) is 21.1 Å². The Kier molecular flexibility index (Phi) is 12.1. The third-order valence-corrected chi connectivity index (χ3v) is 6.22. The molecule has 1 unspecified atom stereocenters. The van der Waals surface area contributed by atoms with Crippen molar-refractivity contribution in [2.75, 3.05) is 32.6 Å². The largest absolute Gasteiger partial charge is 0.495 e. The number of carbonyl (C=O) groups is 2. The number of ether oxygens (including phenoxy) is 2. The van der Waals surface area contributed by atoms with Crippen LogP contribution in [0.2, 0.25) is 5.02 Å². The van der Waals surface area contributed by atoms with Gasteiger partial charge in [0.05, 0.1) is 42.6 Å². The van der Waals surface area contributed by atoms with Crippen molar-refractivity contribution in [3.05, 3.63) is 64.0 Å². The summed E-state index contributed by atoms with van der Waals surface area (Å²) in [4.78, 5) is 25.5. The van der Waals surface area contributed by atoms with E-state index in [1.807, 2.05) is 14.0 Å². The van der Waals surface area contributed by atoms with Crippen LogP contribution in [0, 0.1) is 5.92 Å². The van der Waals surface area contributed by atoms with Crippen LogP contribution in [0.1, 0.15) is 60.8 Å². The Hall–Kier alpha value is -3.11. The highest BCUT2D eigenvalue weighted by Gasteiger charge is 2.33. The number of alkyl halides is 3. The summed E-state index contributed by atoms with van der Waals surface area (Å²) in [5.41, 5.74) is 1.58. The minimum atomic E-state index is -4.55. The molecule has 0 radical (unpaired) electrons. The number of methoxy groups -OCH3 is 1. The van der Waals surface area contributed by atoms with Gasteiger partial charge in [0, 0.05) is 17.7 Å². The molecule has 0 fully saturated rings. The van der Waals surface area contributed by atoms with E-state index >= 15 is 0 Å². The number of aldehydes is 1. The molecule has 0 amide bonds. The first-order valence-electron chi connectivity index (χ1n) is 12.2. The van der Waals surface area contributed by atoms with Crippen molar-refractivity contribution in [3.8, 4) is 5.75 Å². The van der Waals surface area contributed by atoms with Crippen molar-refractivity contribution in [3.63, 3.8) is 0 Å². The fourth-order valence-electron chi connectivity index (χ4n) is 3.91. The number of anilines is 1. The molecular weight excluding hydrogens is 523 g/mol. The van der Waals surface area contributed by atoms with Crippen LogP contribution >= 0.6 is 11.6 Å². The Labute approximate surface area is 225 Å². The first-order valence-corrected chi connectivity index (χ1v) is 12.5. The molecule has 3 rings (SSSR count). The lowest BCUT2D eigenvalue weighted by atomic mass is 9.89. The number of hydrogen-bond donors (Lipinski definition) is 2. The minimum Gasteiger partial charge on any atom is -0.495 e. The lowest BCUT2D eigenvalue weighted by Crippen LogP contribution is -2.22.